The summed E-state index contributed by atoms with van der Waals surface area (Å²) in [5.74, 6) is -20.2. The lowest BCUT2D eigenvalue weighted by Gasteiger charge is -2.49. The second kappa shape index (κ2) is 7.64. The zero-order chi connectivity index (χ0) is 23.3. The first-order valence-electron chi connectivity index (χ1n) is 9.23. The molecule has 1 N–H and O–H groups in total. The van der Waals surface area contributed by atoms with Gasteiger partial charge in [0.2, 0.25) is 5.88 Å². The number of ether oxygens (including phenoxy) is 1. The molecular formula is C17H18F9N3O2. The maximum absolute atomic E-state index is 13.7. The summed E-state index contributed by atoms with van der Waals surface area (Å²) in [7, 11) is 0. The lowest BCUT2D eigenvalue weighted by Crippen LogP contribution is -2.61. The first-order chi connectivity index (χ1) is 14.1. The Hall–Kier alpha value is -1.83. The standard InChI is InChI=1S/C17H18F9N3O2/c18-14(19,15(20,21)16(22,23)17(24,25)26)3-8-31-12-11(27-4-5-28-12)13(30)9-29-6-1-10(13)2-7-29/h4-5,10,30H,1-3,6-9H2. The Morgan fingerprint density at radius 3 is 2.06 bits per heavy atom. The van der Waals surface area contributed by atoms with Gasteiger partial charge in [-0.2, -0.15) is 39.5 Å². The molecule has 0 radical (unpaired) electrons. The molecule has 1 atom stereocenters. The van der Waals surface area contributed by atoms with Gasteiger partial charge in [-0.25, -0.2) is 4.98 Å². The van der Waals surface area contributed by atoms with Crippen LogP contribution in [-0.4, -0.2) is 70.2 Å². The van der Waals surface area contributed by atoms with E-state index in [2.05, 4.69) is 9.97 Å². The topological polar surface area (TPSA) is 58.5 Å². The van der Waals surface area contributed by atoms with Gasteiger partial charge in [0.05, 0.1) is 13.0 Å². The van der Waals surface area contributed by atoms with Crippen molar-refractivity contribution in [1.29, 1.82) is 0 Å². The second-order valence-electron chi connectivity index (χ2n) is 7.63. The number of hydrogen-bond acceptors (Lipinski definition) is 5. The third-order valence-electron chi connectivity index (χ3n) is 5.67. The maximum Gasteiger partial charge on any atom is 0.460 e. The largest absolute Gasteiger partial charge is 0.476 e. The predicted molar refractivity (Wildman–Crippen MR) is 86.1 cm³/mol. The molecular weight excluding hydrogens is 449 g/mol. The summed E-state index contributed by atoms with van der Waals surface area (Å²) < 4.78 is 121. The van der Waals surface area contributed by atoms with Crippen LogP contribution in [0.3, 0.4) is 0 Å². The molecule has 4 rings (SSSR count). The van der Waals surface area contributed by atoms with E-state index in [4.69, 9.17) is 4.74 Å². The number of aromatic nitrogens is 2. The maximum atomic E-state index is 13.7. The third kappa shape index (κ3) is 3.92. The quantitative estimate of drug-likeness (QED) is 0.621. The van der Waals surface area contributed by atoms with Crippen LogP contribution in [0.1, 0.15) is 25.0 Å². The zero-order valence-electron chi connectivity index (χ0n) is 15.8. The van der Waals surface area contributed by atoms with Crippen molar-refractivity contribution in [3.8, 4) is 5.88 Å². The summed E-state index contributed by atoms with van der Waals surface area (Å²) in [6.45, 7) is 0.210. The van der Waals surface area contributed by atoms with Crippen LogP contribution in [0.4, 0.5) is 39.5 Å². The molecule has 4 heterocycles. The monoisotopic (exact) mass is 467 g/mol. The Labute approximate surface area is 170 Å². The number of rotatable bonds is 7. The molecule has 0 aromatic carbocycles. The van der Waals surface area contributed by atoms with Gasteiger partial charge >= 0.3 is 23.9 Å². The first-order valence-corrected chi connectivity index (χ1v) is 9.23. The van der Waals surface area contributed by atoms with Crippen LogP contribution >= 0.6 is 0 Å². The number of halogens is 9. The molecule has 1 aromatic heterocycles. The molecule has 3 aliphatic rings. The molecule has 0 saturated carbocycles. The van der Waals surface area contributed by atoms with Crippen LogP contribution in [-0.2, 0) is 5.60 Å². The van der Waals surface area contributed by atoms with Crippen molar-refractivity contribution in [2.45, 2.75) is 48.8 Å². The van der Waals surface area contributed by atoms with Crippen LogP contribution in [0.15, 0.2) is 12.4 Å². The summed E-state index contributed by atoms with van der Waals surface area (Å²) in [6.07, 6.45) is -5.58. The Kier molecular flexibility index (Phi) is 5.87. The van der Waals surface area contributed by atoms with Gasteiger partial charge in [0.25, 0.3) is 0 Å². The molecule has 2 bridgehead atoms. The van der Waals surface area contributed by atoms with Crippen molar-refractivity contribution in [1.82, 2.24) is 14.9 Å². The van der Waals surface area contributed by atoms with E-state index in [0.717, 1.165) is 19.3 Å². The van der Waals surface area contributed by atoms with Crippen LogP contribution in [0, 0.1) is 5.92 Å². The van der Waals surface area contributed by atoms with Gasteiger partial charge in [-0.05, 0) is 31.8 Å². The van der Waals surface area contributed by atoms with Gasteiger partial charge in [0.15, 0.2) is 0 Å². The van der Waals surface area contributed by atoms with Crippen molar-refractivity contribution < 1.29 is 49.4 Å². The van der Waals surface area contributed by atoms with E-state index < -0.39 is 48.5 Å². The van der Waals surface area contributed by atoms with Crippen LogP contribution < -0.4 is 4.74 Å². The summed E-state index contributed by atoms with van der Waals surface area (Å²) in [6, 6.07) is 0. The molecule has 3 saturated heterocycles. The Morgan fingerprint density at radius 1 is 0.968 bits per heavy atom. The lowest BCUT2D eigenvalue weighted by atomic mass is 9.73. The van der Waals surface area contributed by atoms with Crippen molar-refractivity contribution in [3.05, 3.63) is 18.1 Å². The number of piperidine rings is 3. The fourth-order valence-electron chi connectivity index (χ4n) is 3.88. The fraction of sp³-hybridized carbons (Fsp3) is 0.765. The zero-order valence-corrected chi connectivity index (χ0v) is 15.8. The summed E-state index contributed by atoms with van der Waals surface area (Å²) in [5.41, 5.74) is -1.70. The fourth-order valence-corrected chi connectivity index (χ4v) is 3.88. The lowest BCUT2D eigenvalue weighted by molar-refractivity contribution is -0.397. The Morgan fingerprint density at radius 2 is 1.55 bits per heavy atom. The number of hydrogen-bond donors (Lipinski definition) is 1. The molecule has 1 aromatic rings. The number of alkyl halides is 9. The highest BCUT2D eigenvalue weighted by atomic mass is 19.4. The molecule has 3 aliphatic heterocycles. The van der Waals surface area contributed by atoms with Gasteiger partial charge in [-0.3, -0.25) is 4.98 Å². The number of fused-ring (bicyclic) bond motifs is 3. The Balaban J connectivity index is 1.74. The van der Waals surface area contributed by atoms with Gasteiger partial charge in [-0.15, -0.1) is 0 Å². The summed E-state index contributed by atoms with van der Waals surface area (Å²) in [4.78, 5) is 9.61. The van der Waals surface area contributed by atoms with Crippen molar-refractivity contribution in [3.63, 3.8) is 0 Å². The third-order valence-corrected chi connectivity index (χ3v) is 5.67. The van der Waals surface area contributed by atoms with Crippen LogP contribution in [0.2, 0.25) is 0 Å². The molecule has 0 spiro atoms. The van der Waals surface area contributed by atoms with Crippen molar-refractivity contribution >= 4 is 0 Å². The molecule has 176 valence electrons. The minimum Gasteiger partial charge on any atom is -0.476 e. The number of nitrogens with zero attached hydrogens (tertiary/aromatic N) is 3. The average molecular weight is 467 g/mol. The number of aliphatic hydroxyl groups is 1. The second-order valence-corrected chi connectivity index (χ2v) is 7.63. The predicted octanol–water partition coefficient (Wildman–Crippen LogP) is 3.63. The molecule has 5 nitrogen and oxygen atoms in total. The first kappa shape index (κ1) is 23.8. The minimum absolute atomic E-state index is 0.138. The SMILES string of the molecule is OC1(c2nccnc2OCCC(F)(F)C(F)(F)C(F)(F)C(F)(F)F)CN2CCC1CC2. The van der Waals surface area contributed by atoms with Crippen LogP contribution in [0.5, 0.6) is 5.88 Å². The normalized spacial score (nSPS) is 27.4. The molecule has 3 fully saturated rings. The van der Waals surface area contributed by atoms with Gasteiger partial charge in [0, 0.05) is 18.9 Å². The van der Waals surface area contributed by atoms with E-state index in [1.54, 1.807) is 0 Å². The van der Waals surface area contributed by atoms with E-state index in [9.17, 15) is 44.6 Å². The van der Waals surface area contributed by atoms with Gasteiger partial charge < -0.3 is 14.7 Å². The highest BCUT2D eigenvalue weighted by Gasteiger charge is 2.81. The minimum atomic E-state index is -6.95. The van der Waals surface area contributed by atoms with E-state index in [-0.39, 0.29) is 18.2 Å². The van der Waals surface area contributed by atoms with Gasteiger partial charge in [-0.1, -0.05) is 0 Å². The average Bonchev–Trinajstić information content (AvgIpc) is 2.67. The molecule has 0 aliphatic carbocycles. The van der Waals surface area contributed by atoms with E-state index in [1.807, 2.05) is 4.90 Å². The highest BCUT2D eigenvalue weighted by molar-refractivity contribution is 5.27. The van der Waals surface area contributed by atoms with Gasteiger partial charge in [0.1, 0.15) is 11.3 Å². The van der Waals surface area contributed by atoms with Crippen molar-refractivity contribution in [2.24, 2.45) is 5.92 Å². The molecule has 31 heavy (non-hydrogen) atoms. The molecule has 14 heteroatoms. The summed E-state index contributed by atoms with van der Waals surface area (Å²) >= 11 is 0. The van der Waals surface area contributed by atoms with E-state index >= 15 is 0 Å². The molecule has 0 amide bonds. The van der Waals surface area contributed by atoms with E-state index in [1.165, 1.54) is 6.20 Å². The highest BCUT2D eigenvalue weighted by Crippen LogP contribution is 2.54. The summed E-state index contributed by atoms with van der Waals surface area (Å²) in [5, 5.41) is 11.1. The smallest absolute Gasteiger partial charge is 0.460 e. The Bertz CT molecular complexity index is 797. The van der Waals surface area contributed by atoms with Crippen molar-refractivity contribution in [2.75, 3.05) is 26.2 Å². The molecule has 1 unspecified atom stereocenters. The van der Waals surface area contributed by atoms with E-state index in [0.29, 0.717) is 12.8 Å². The van der Waals surface area contributed by atoms with Crippen LogP contribution in [0.25, 0.3) is 0 Å².